The summed E-state index contributed by atoms with van der Waals surface area (Å²) in [7, 11) is 0. The van der Waals surface area contributed by atoms with Gasteiger partial charge in [0, 0.05) is 17.1 Å². The summed E-state index contributed by atoms with van der Waals surface area (Å²) in [5.41, 5.74) is 1.29. The highest BCUT2D eigenvalue weighted by molar-refractivity contribution is 9.10. The summed E-state index contributed by atoms with van der Waals surface area (Å²) in [6.45, 7) is 0.936. The lowest BCUT2D eigenvalue weighted by Crippen LogP contribution is -2.32. The maximum Gasteiger partial charge on any atom is 0.0548 e. The highest BCUT2D eigenvalue weighted by Gasteiger charge is 2.12. The molecule has 1 saturated heterocycles. The van der Waals surface area contributed by atoms with Crippen molar-refractivity contribution in [1.29, 1.82) is 0 Å². The summed E-state index contributed by atoms with van der Waals surface area (Å²) < 4.78 is 0.979. The maximum absolute atomic E-state index is 5.96. The van der Waals surface area contributed by atoms with Gasteiger partial charge in [0.1, 0.15) is 0 Å². The van der Waals surface area contributed by atoms with Gasteiger partial charge in [0.05, 0.1) is 5.02 Å². The Kier molecular flexibility index (Phi) is 5.01. The molecule has 0 spiro atoms. The molecule has 88 valence electrons. The molecular formula is C12H15BrClNS. The second-order valence-corrected chi connectivity index (χ2v) is 6.50. The molecule has 0 saturated carbocycles. The molecule has 0 radical (unpaired) electrons. The average Bonchev–Trinajstić information content (AvgIpc) is 2.32. The van der Waals surface area contributed by atoms with Crippen LogP contribution >= 0.6 is 39.3 Å². The SMILES string of the molecule is Clc1ccc(CNC2CCSCC2)cc1Br. The zero-order valence-corrected chi connectivity index (χ0v) is 12.2. The lowest BCUT2D eigenvalue weighted by Gasteiger charge is -2.22. The first-order chi connectivity index (χ1) is 7.75. The van der Waals surface area contributed by atoms with E-state index in [4.69, 9.17) is 11.6 Å². The monoisotopic (exact) mass is 319 g/mol. The molecule has 1 N–H and O–H groups in total. The van der Waals surface area contributed by atoms with E-state index in [0.29, 0.717) is 6.04 Å². The molecule has 0 aliphatic carbocycles. The molecule has 1 aromatic carbocycles. The Morgan fingerprint density at radius 3 is 2.81 bits per heavy atom. The molecule has 0 amide bonds. The van der Waals surface area contributed by atoms with E-state index in [-0.39, 0.29) is 0 Å². The molecule has 1 nitrogen and oxygen atoms in total. The first kappa shape index (κ1) is 12.7. The molecule has 16 heavy (non-hydrogen) atoms. The van der Waals surface area contributed by atoms with Crippen molar-refractivity contribution in [2.24, 2.45) is 0 Å². The van der Waals surface area contributed by atoms with Crippen LogP contribution in [0.25, 0.3) is 0 Å². The molecule has 0 atom stereocenters. The van der Waals surface area contributed by atoms with Crippen LogP contribution in [0, 0.1) is 0 Å². The first-order valence-corrected chi connectivity index (χ1v) is 7.83. The quantitative estimate of drug-likeness (QED) is 0.900. The van der Waals surface area contributed by atoms with E-state index in [0.717, 1.165) is 16.0 Å². The molecule has 0 aromatic heterocycles. The number of hydrogen-bond donors (Lipinski definition) is 1. The highest BCUT2D eigenvalue weighted by atomic mass is 79.9. The molecule has 1 heterocycles. The average molecular weight is 321 g/mol. The number of halogens is 2. The van der Waals surface area contributed by atoms with E-state index in [2.05, 4.69) is 45.1 Å². The summed E-state index contributed by atoms with van der Waals surface area (Å²) in [6.07, 6.45) is 2.58. The second-order valence-electron chi connectivity index (χ2n) is 4.02. The van der Waals surface area contributed by atoms with Crippen molar-refractivity contribution in [3.05, 3.63) is 33.3 Å². The van der Waals surface area contributed by atoms with Crippen molar-refractivity contribution in [2.45, 2.75) is 25.4 Å². The fourth-order valence-corrected chi connectivity index (χ4v) is 3.46. The topological polar surface area (TPSA) is 12.0 Å². The Morgan fingerprint density at radius 1 is 1.38 bits per heavy atom. The summed E-state index contributed by atoms with van der Waals surface area (Å²) in [5.74, 6) is 2.59. The van der Waals surface area contributed by atoms with Crippen LogP contribution in [0.15, 0.2) is 22.7 Å². The van der Waals surface area contributed by atoms with Crippen molar-refractivity contribution in [3.8, 4) is 0 Å². The molecule has 1 aliphatic heterocycles. The fourth-order valence-electron chi connectivity index (χ4n) is 1.81. The minimum absolute atomic E-state index is 0.690. The number of nitrogens with one attached hydrogen (secondary N) is 1. The normalized spacial score (nSPS) is 17.6. The predicted molar refractivity (Wildman–Crippen MR) is 76.3 cm³/mol. The van der Waals surface area contributed by atoms with Crippen molar-refractivity contribution in [2.75, 3.05) is 11.5 Å². The molecule has 0 bridgehead atoms. The van der Waals surface area contributed by atoms with Crippen LogP contribution in [-0.4, -0.2) is 17.5 Å². The Morgan fingerprint density at radius 2 is 2.12 bits per heavy atom. The predicted octanol–water partition coefficient (Wildman–Crippen LogP) is 4.09. The van der Waals surface area contributed by atoms with Crippen LogP contribution < -0.4 is 5.32 Å². The van der Waals surface area contributed by atoms with E-state index in [9.17, 15) is 0 Å². The third-order valence-corrected chi connectivity index (χ3v) is 5.06. The van der Waals surface area contributed by atoms with Crippen LogP contribution in [0.5, 0.6) is 0 Å². The lowest BCUT2D eigenvalue weighted by atomic mass is 10.1. The zero-order chi connectivity index (χ0) is 11.4. The van der Waals surface area contributed by atoms with Gasteiger partial charge in [-0.25, -0.2) is 0 Å². The van der Waals surface area contributed by atoms with E-state index in [1.165, 1.54) is 29.9 Å². The second kappa shape index (κ2) is 6.29. The Labute approximate surface area is 114 Å². The Balaban J connectivity index is 1.86. The molecule has 1 fully saturated rings. The van der Waals surface area contributed by atoms with Crippen molar-refractivity contribution < 1.29 is 0 Å². The number of hydrogen-bond acceptors (Lipinski definition) is 2. The van der Waals surface area contributed by atoms with E-state index >= 15 is 0 Å². The van der Waals surface area contributed by atoms with Crippen molar-refractivity contribution in [3.63, 3.8) is 0 Å². The van der Waals surface area contributed by atoms with Crippen LogP contribution in [0.3, 0.4) is 0 Å². The highest BCUT2D eigenvalue weighted by Crippen LogP contribution is 2.23. The third kappa shape index (κ3) is 3.66. The minimum Gasteiger partial charge on any atom is -0.310 e. The number of thioether (sulfide) groups is 1. The maximum atomic E-state index is 5.96. The molecular weight excluding hydrogens is 306 g/mol. The van der Waals surface area contributed by atoms with Gasteiger partial charge in [-0.15, -0.1) is 0 Å². The Bertz CT molecular complexity index is 353. The number of rotatable bonds is 3. The van der Waals surface area contributed by atoms with Gasteiger partial charge in [-0.1, -0.05) is 17.7 Å². The minimum atomic E-state index is 0.690. The summed E-state index contributed by atoms with van der Waals surface area (Å²) in [5, 5.41) is 4.38. The van der Waals surface area contributed by atoms with Crippen molar-refractivity contribution >= 4 is 39.3 Å². The fraction of sp³-hybridized carbons (Fsp3) is 0.500. The van der Waals surface area contributed by atoms with Crippen LogP contribution in [0.4, 0.5) is 0 Å². The Hall–Kier alpha value is 0.300. The molecule has 1 aliphatic rings. The van der Waals surface area contributed by atoms with Gasteiger partial charge in [-0.2, -0.15) is 11.8 Å². The van der Waals surface area contributed by atoms with Crippen LogP contribution in [-0.2, 0) is 6.54 Å². The largest absolute Gasteiger partial charge is 0.310 e. The number of benzene rings is 1. The van der Waals surface area contributed by atoms with Gasteiger partial charge in [0.15, 0.2) is 0 Å². The molecule has 1 aromatic rings. The van der Waals surface area contributed by atoms with Gasteiger partial charge >= 0.3 is 0 Å². The molecule has 4 heteroatoms. The smallest absolute Gasteiger partial charge is 0.0548 e. The van der Waals surface area contributed by atoms with Gasteiger partial charge in [0.2, 0.25) is 0 Å². The standard InChI is InChI=1S/C12H15BrClNS/c13-11-7-9(1-2-12(11)14)8-15-10-3-5-16-6-4-10/h1-2,7,10,15H,3-6,8H2. The molecule has 2 rings (SSSR count). The van der Waals surface area contributed by atoms with Crippen molar-refractivity contribution in [1.82, 2.24) is 5.32 Å². The first-order valence-electron chi connectivity index (χ1n) is 5.51. The van der Waals surface area contributed by atoms with Gasteiger partial charge in [-0.3, -0.25) is 0 Å². The molecule has 0 unspecified atom stereocenters. The van der Waals surface area contributed by atoms with E-state index < -0.39 is 0 Å². The van der Waals surface area contributed by atoms with Gasteiger partial charge in [0.25, 0.3) is 0 Å². The third-order valence-electron chi connectivity index (χ3n) is 2.80. The summed E-state index contributed by atoms with van der Waals surface area (Å²) in [4.78, 5) is 0. The summed E-state index contributed by atoms with van der Waals surface area (Å²) >= 11 is 11.5. The van der Waals surface area contributed by atoms with E-state index in [1.807, 2.05) is 6.07 Å². The zero-order valence-electron chi connectivity index (χ0n) is 9.01. The summed E-state index contributed by atoms with van der Waals surface area (Å²) in [6, 6.07) is 6.81. The van der Waals surface area contributed by atoms with Crippen LogP contribution in [0.2, 0.25) is 5.02 Å². The van der Waals surface area contributed by atoms with Gasteiger partial charge < -0.3 is 5.32 Å². The van der Waals surface area contributed by atoms with Gasteiger partial charge in [-0.05, 0) is 58.0 Å². The van der Waals surface area contributed by atoms with Crippen LogP contribution in [0.1, 0.15) is 18.4 Å². The lowest BCUT2D eigenvalue weighted by molar-refractivity contribution is 0.482. The van der Waals surface area contributed by atoms with E-state index in [1.54, 1.807) is 0 Å².